The molecule has 1 unspecified atom stereocenters. The van der Waals surface area contributed by atoms with E-state index in [1.54, 1.807) is 0 Å². The van der Waals surface area contributed by atoms with Crippen molar-refractivity contribution in [2.24, 2.45) is 0 Å². The van der Waals surface area contributed by atoms with Crippen LogP contribution in [0.3, 0.4) is 0 Å². The van der Waals surface area contributed by atoms with Gasteiger partial charge in [-0.05, 0) is 25.2 Å². The van der Waals surface area contributed by atoms with Crippen molar-refractivity contribution in [1.29, 1.82) is 0 Å². The Hall–Kier alpha value is -0.940. The topological polar surface area (TPSA) is 15.0 Å². The van der Waals surface area contributed by atoms with Crippen molar-refractivity contribution in [3.8, 4) is 0 Å². The highest BCUT2D eigenvalue weighted by atomic mass is 35.5. The van der Waals surface area contributed by atoms with Crippen LogP contribution in [-0.4, -0.2) is 26.2 Å². The second kappa shape index (κ2) is 4.38. The standard InChI is InChI=1S/C11H12ClF3N2/c1-16-5-8-6-17(8)10-4-7(11(13,14)15)2-3-9(10)12/h2-4,8,16H,5-6H2,1H3. The minimum atomic E-state index is -4.33. The summed E-state index contributed by atoms with van der Waals surface area (Å²) in [6.07, 6.45) is -4.33. The number of nitrogens with one attached hydrogen (secondary N) is 1. The van der Waals surface area contributed by atoms with Gasteiger partial charge in [-0.2, -0.15) is 13.2 Å². The second-order valence-corrected chi connectivity index (χ2v) is 4.44. The zero-order chi connectivity index (χ0) is 12.6. The molecule has 0 spiro atoms. The largest absolute Gasteiger partial charge is 0.416 e. The van der Waals surface area contributed by atoms with Crippen molar-refractivity contribution in [3.05, 3.63) is 28.8 Å². The quantitative estimate of drug-likeness (QED) is 0.845. The molecule has 0 aromatic heterocycles. The van der Waals surface area contributed by atoms with Gasteiger partial charge in [-0.15, -0.1) is 0 Å². The average molecular weight is 265 g/mol. The molecule has 6 heteroatoms. The second-order valence-electron chi connectivity index (χ2n) is 4.03. The van der Waals surface area contributed by atoms with Crippen LogP contribution in [0.2, 0.25) is 5.02 Å². The maximum absolute atomic E-state index is 12.6. The van der Waals surface area contributed by atoms with Crippen LogP contribution in [-0.2, 0) is 6.18 Å². The number of anilines is 1. The monoisotopic (exact) mass is 264 g/mol. The van der Waals surface area contributed by atoms with Gasteiger partial charge >= 0.3 is 6.18 Å². The number of nitrogens with zero attached hydrogens (tertiary/aromatic N) is 1. The Morgan fingerprint density at radius 1 is 1.47 bits per heavy atom. The summed E-state index contributed by atoms with van der Waals surface area (Å²) in [7, 11) is 1.81. The molecule has 1 saturated heterocycles. The van der Waals surface area contributed by atoms with Crippen LogP contribution in [0.5, 0.6) is 0 Å². The lowest BCUT2D eigenvalue weighted by Crippen LogP contribution is -2.17. The van der Waals surface area contributed by atoms with Crippen molar-refractivity contribution < 1.29 is 13.2 Å². The van der Waals surface area contributed by atoms with Crippen LogP contribution < -0.4 is 10.2 Å². The van der Waals surface area contributed by atoms with Crippen molar-refractivity contribution in [2.75, 3.05) is 25.0 Å². The molecule has 2 nitrogen and oxygen atoms in total. The summed E-state index contributed by atoms with van der Waals surface area (Å²) in [4.78, 5) is 1.86. The van der Waals surface area contributed by atoms with Crippen LogP contribution in [0.25, 0.3) is 0 Å². The highest BCUT2D eigenvalue weighted by Crippen LogP contribution is 2.39. The molecule has 1 aromatic rings. The minimum absolute atomic E-state index is 0.237. The van der Waals surface area contributed by atoms with E-state index in [2.05, 4.69) is 5.32 Å². The molecular weight excluding hydrogens is 253 g/mol. The first-order chi connectivity index (χ1) is 7.93. The molecular formula is C11H12ClF3N2. The van der Waals surface area contributed by atoms with E-state index in [4.69, 9.17) is 11.6 Å². The van der Waals surface area contributed by atoms with E-state index in [1.165, 1.54) is 6.07 Å². The van der Waals surface area contributed by atoms with E-state index in [1.807, 2.05) is 11.9 Å². The normalized spacial score (nSPS) is 19.6. The van der Waals surface area contributed by atoms with Crippen LogP contribution in [0, 0.1) is 0 Å². The van der Waals surface area contributed by atoms with E-state index in [0.29, 0.717) is 10.7 Å². The molecule has 0 saturated carbocycles. The number of rotatable bonds is 3. The summed E-state index contributed by atoms with van der Waals surface area (Å²) >= 11 is 5.92. The first-order valence-corrected chi connectivity index (χ1v) is 5.59. The van der Waals surface area contributed by atoms with Crippen molar-refractivity contribution in [1.82, 2.24) is 5.32 Å². The third-order valence-electron chi connectivity index (χ3n) is 2.74. The van der Waals surface area contributed by atoms with Crippen molar-refractivity contribution in [2.45, 2.75) is 12.2 Å². The summed E-state index contributed by atoms with van der Waals surface area (Å²) < 4.78 is 37.7. The van der Waals surface area contributed by atoms with Gasteiger partial charge < -0.3 is 10.2 Å². The Morgan fingerprint density at radius 3 is 2.76 bits per heavy atom. The molecule has 94 valence electrons. The lowest BCUT2D eigenvalue weighted by atomic mass is 10.2. The van der Waals surface area contributed by atoms with Crippen LogP contribution >= 0.6 is 11.6 Å². The number of halogens is 4. The smallest absolute Gasteiger partial charge is 0.362 e. The number of alkyl halides is 3. The lowest BCUT2D eigenvalue weighted by Gasteiger charge is -2.12. The van der Waals surface area contributed by atoms with Gasteiger partial charge in [0.1, 0.15) is 0 Å². The van der Waals surface area contributed by atoms with Gasteiger partial charge in [-0.1, -0.05) is 11.6 Å². The highest BCUT2D eigenvalue weighted by molar-refractivity contribution is 6.33. The van der Waals surface area contributed by atoms with Crippen LogP contribution in [0.1, 0.15) is 5.56 Å². The van der Waals surface area contributed by atoms with Crippen molar-refractivity contribution in [3.63, 3.8) is 0 Å². The maximum atomic E-state index is 12.6. The predicted molar refractivity (Wildman–Crippen MR) is 61.5 cm³/mol. The molecule has 1 aromatic carbocycles. The molecule has 1 atom stereocenters. The van der Waals surface area contributed by atoms with Crippen LogP contribution in [0.15, 0.2) is 18.2 Å². The van der Waals surface area contributed by atoms with E-state index in [-0.39, 0.29) is 6.04 Å². The zero-order valence-electron chi connectivity index (χ0n) is 9.18. The van der Waals surface area contributed by atoms with Gasteiger partial charge in [0.2, 0.25) is 0 Å². The first kappa shape index (κ1) is 12.5. The fourth-order valence-corrected chi connectivity index (χ4v) is 2.02. The van der Waals surface area contributed by atoms with Gasteiger partial charge in [0.15, 0.2) is 0 Å². The van der Waals surface area contributed by atoms with Gasteiger partial charge in [0.05, 0.1) is 22.3 Å². The molecule has 17 heavy (non-hydrogen) atoms. The average Bonchev–Trinajstić information content (AvgIpc) is 2.96. The van der Waals surface area contributed by atoms with E-state index in [0.717, 1.165) is 25.2 Å². The molecule has 2 rings (SSSR count). The fourth-order valence-electron chi connectivity index (χ4n) is 1.79. The fraction of sp³-hybridized carbons (Fsp3) is 0.455. The third kappa shape index (κ3) is 2.66. The maximum Gasteiger partial charge on any atom is 0.416 e. The van der Waals surface area contributed by atoms with Gasteiger partial charge in [0, 0.05) is 13.1 Å². The number of benzene rings is 1. The molecule has 0 amide bonds. The van der Waals surface area contributed by atoms with Crippen LogP contribution in [0.4, 0.5) is 18.9 Å². The SMILES string of the molecule is CNCC1CN1c1cc(C(F)(F)F)ccc1Cl. The van der Waals surface area contributed by atoms with Gasteiger partial charge in [-0.3, -0.25) is 0 Å². The minimum Gasteiger partial charge on any atom is -0.362 e. The highest BCUT2D eigenvalue weighted by Gasteiger charge is 2.37. The molecule has 1 N–H and O–H groups in total. The van der Waals surface area contributed by atoms with E-state index >= 15 is 0 Å². The summed E-state index contributed by atoms with van der Waals surface area (Å²) in [5, 5.41) is 3.34. The van der Waals surface area contributed by atoms with Gasteiger partial charge in [0.25, 0.3) is 0 Å². The first-order valence-electron chi connectivity index (χ1n) is 5.21. The summed E-state index contributed by atoms with van der Waals surface area (Å²) in [6, 6.07) is 3.65. The molecule has 1 heterocycles. The lowest BCUT2D eigenvalue weighted by molar-refractivity contribution is -0.137. The molecule has 1 aliphatic rings. The zero-order valence-corrected chi connectivity index (χ0v) is 9.94. The van der Waals surface area contributed by atoms with Crippen molar-refractivity contribution >= 4 is 17.3 Å². The molecule has 0 aliphatic carbocycles. The predicted octanol–water partition coefficient (Wildman–Crippen LogP) is 2.77. The molecule has 0 bridgehead atoms. The summed E-state index contributed by atoms with van der Waals surface area (Å²) in [5.41, 5.74) is -0.200. The Labute approximate surface area is 102 Å². The van der Waals surface area contributed by atoms with E-state index in [9.17, 15) is 13.2 Å². The van der Waals surface area contributed by atoms with Gasteiger partial charge in [-0.25, -0.2) is 0 Å². The molecule has 0 radical (unpaired) electrons. The Kier molecular flexibility index (Phi) is 3.23. The third-order valence-corrected chi connectivity index (χ3v) is 3.06. The Morgan fingerprint density at radius 2 is 2.18 bits per heavy atom. The summed E-state index contributed by atoms with van der Waals surface area (Å²) in [6.45, 7) is 1.48. The molecule has 1 fully saturated rings. The number of likely N-dealkylation sites (N-methyl/N-ethyl adjacent to an activating group) is 1. The Balaban J connectivity index is 2.23. The number of hydrogen-bond donors (Lipinski definition) is 1. The molecule has 1 aliphatic heterocycles. The van der Waals surface area contributed by atoms with E-state index < -0.39 is 11.7 Å². The Bertz CT molecular complexity index is 420. The summed E-state index contributed by atoms with van der Waals surface area (Å²) in [5.74, 6) is 0. The number of hydrogen-bond acceptors (Lipinski definition) is 2.